The van der Waals surface area contributed by atoms with Crippen molar-refractivity contribution in [2.75, 3.05) is 24.8 Å². The van der Waals surface area contributed by atoms with Gasteiger partial charge in [0.2, 0.25) is 5.95 Å². The maximum absolute atomic E-state index is 11.9. The van der Waals surface area contributed by atoms with Crippen molar-refractivity contribution in [1.29, 1.82) is 0 Å². The molecule has 1 aliphatic rings. The highest BCUT2D eigenvalue weighted by atomic mass is 16.5. The Morgan fingerprint density at radius 3 is 2.81 bits per heavy atom. The first-order valence-electron chi connectivity index (χ1n) is 8.96. The van der Waals surface area contributed by atoms with Gasteiger partial charge in [-0.15, -0.1) is 0 Å². The number of methoxy groups -OCH3 is 1. The summed E-state index contributed by atoms with van der Waals surface area (Å²) in [5, 5.41) is 0. The van der Waals surface area contributed by atoms with Gasteiger partial charge < -0.3 is 15.4 Å². The van der Waals surface area contributed by atoms with E-state index in [1.54, 1.807) is 14.2 Å². The predicted molar refractivity (Wildman–Crippen MR) is 110 cm³/mol. The lowest BCUT2D eigenvalue weighted by Gasteiger charge is -2.26. The van der Waals surface area contributed by atoms with E-state index in [1.165, 1.54) is 16.2 Å². The molecule has 1 heterocycles. The second-order valence-electron chi connectivity index (χ2n) is 6.91. The lowest BCUT2D eigenvalue weighted by atomic mass is 9.86. The molecule has 142 valence electrons. The number of nitrogens with zero attached hydrogens (tertiary/aromatic N) is 3. The summed E-state index contributed by atoms with van der Waals surface area (Å²) in [6, 6.07) is 9.88. The lowest BCUT2D eigenvalue weighted by molar-refractivity contribution is 0.115. The van der Waals surface area contributed by atoms with Gasteiger partial charge in [0.25, 0.3) is 5.56 Å². The van der Waals surface area contributed by atoms with Crippen molar-refractivity contribution in [2.24, 2.45) is 13.0 Å². The number of rotatable bonds is 5. The normalized spacial score (nSPS) is 19.0. The van der Waals surface area contributed by atoms with Gasteiger partial charge in [-0.25, -0.2) is 4.98 Å². The third-order valence-corrected chi connectivity index (χ3v) is 5.07. The fourth-order valence-corrected chi connectivity index (χ4v) is 3.35. The molecule has 1 aromatic heterocycles. The molecule has 27 heavy (non-hydrogen) atoms. The number of aromatic nitrogens is 2. The van der Waals surface area contributed by atoms with E-state index in [9.17, 15) is 4.79 Å². The summed E-state index contributed by atoms with van der Waals surface area (Å²) in [6.45, 7) is 2.67. The standard InChI is InChI=1S/C21H26N4O2/c1-14-18(9-6-10-19(14)27-4)15-7-5-8-17(11-15)24(2)13-16-12-20(26)25(3)21(22)23-16/h5-12,14,19H,13H2,1-4H3,(H2,22,23). The smallest absolute Gasteiger partial charge is 0.254 e. The molecule has 1 aliphatic carbocycles. The Morgan fingerprint density at radius 1 is 1.33 bits per heavy atom. The maximum atomic E-state index is 11.9. The van der Waals surface area contributed by atoms with E-state index in [4.69, 9.17) is 10.5 Å². The summed E-state index contributed by atoms with van der Waals surface area (Å²) in [5.74, 6) is 0.498. The molecule has 0 bridgehead atoms. The SMILES string of the molecule is COC1C=CC=C(c2cccc(N(C)Cc3cc(=O)n(C)c(N)n3)c2)C1C. The number of hydrogen-bond donors (Lipinski definition) is 1. The summed E-state index contributed by atoms with van der Waals surface area (Å²) in [6.07, 6.45) is 6.35. The van der Waals surface area contributed by atoms with Crippen LogP contribution in [0.5, 0.6) is 0 Å². The van der Waals surface area contributed by atoms with Gasteiger partial charge in [0.15, 0.2) is 0 Å². The Balaban J connectivity index is 1.84. The first-order valence-corrected chi connectivity index (χ1v) is 8.96. The van der Waals surface area contributed by atoms with E-state index in [0.717, 1.165) is 11.3 Å². The molecule has 0 fully saturated rings. The number of ether oxygens (including phenoxy) is 1. The fourth-order valence-electron chi connectivity index (χ4n) is 3.35. The van der Waals surface area contributed by atoms with Crippen molar-refractivity contribution >= 4 is 17.2 Å². The first kappa shape index (κ1) is 18.9. The molecule has 6 nitrogen and oxygen atoms in total. The van der Waals surface area contributed by atoms with Crippen molar-refractivity contribution in [3.8, 4) is 0 Å². The molecule has 2 unspecified atom stereocenters. The summed E-state index contributed by atoms with van der Waals surface area (Å²) in [5.41, 5.74) is 9.76. The molecule has 0 saturated carbocycles. The molecule has 0 spiro atoms. The van der Waals surface area contributed by atoms with Crippen LogP contribution in [0, 0.1) is 5.92 Å². The third-order valence-electron chi connectivity index (χ3n) is 5.07. The van der Waals surface area contributed by atoms with E-state index < -0.39 is 0 Å². The molecule has 6 heteroatoms. The van der Waals surface area contributed by atoms with E-state index in [0.29, 0.717) is 12.2 Å². The van der Waals surface area contributed by atoms with Crippen LogP contribution in [0.2, 0.25) is 0 Å². The van der Waals surface area contributed by atoms with Gasteiger partial charge in [-0.05, 0) is 23.3 Å². The largest absolute Gasteiger partial charge is 0.377 e. The minimum Gasteiger partial charge on any atom is -0.377 e. The second kappa shape index (κ2) is 7.80. The molecule has 0 aliphatic heterocycles. The van der Waals surface area contributed by atoms with Crippen LogP contribution in [-0.2, 0) is 18.3 Å². The van der Waals surface area contributed by atoms with Crippen LogP contribution in [0.3, 0.4) is 0 Å². The number of anilines is 2. The molecular weight excluding hydrogens is 340 g/mol. The Hall–Kier alpha value is -2.86. The van der Waals surface area contributed by atoms with Crippen molar-refractivity contribution < 1.29 is 4.74 Å². The first-order chi connectivity index (χ1) is 12.9. The van der Waals surface area contributed by atoms with Crippen molar-refractivity contribution in [3.63, 3.8) is 0 Å². The number of hydrogen-bond acceptors (Lipinski definition) is 5. The molecule has 0 radical (unpaired) electrons. The Labute approximate surface area is 159 Å². The fraction of sp³-hybridized carbons (Fsp3) is 0.333. The summed E-state index contributed by atoms with van der Waals surface area (Å²) in [7, 11) is 5.33. The molecule has 2 atom stereocenters. The van der Waals surface area contributed by atoms with E-state index in [-0.39, 0.29) is 23.5 Å². The number of nitrogens with two attached hydrogens (primary N) is 1. The second-order valence-corrected chi connectivity index (χ2v) is 6.91. The zero-order chi connectivity index (χ0) is 19.6. The summed E-state index contributed by atoms with van der Waals surface area (Å²) < 4.78 is 6.89. The molecule has 0 amide bonds. The van der Waals surface area contributed by atoms with Crippen LogP contribution in [0.4, 0.5) is 11.6 Å². The van der Waals surface area contributed by atoms with Crippen LogP contribution in [0.25, 0.3) is 5.57 Å². The van der Waals surface area contributed by atoms with Gasteiger partial charge >= 0.3 is 0 Å². The highest BCUT2D eigenvalue weighted by molar-refractivity contribution is 5.73. The molecule has 0 saturated heterocycles. The van der Waals surface area contributed by atoms with Gasteiger partial charge in [0.05, 0.1) is 18.3 Å². The van der Waals surface area contributed by atoms with Crippen molar-refractivity contribution in [3.05, 3.63) is 70.2 Å². The molecule has 2 aromatic rings. The molecule has 3 rings (SSSR count). The molecular formula is C21H26N4O2. The Bertz CT molecular complexity index is 945. The lowest BCUT2D eigenvalue weighted by Crippen LogP contribution is -2.25. The average molecular weight is 366 g/mol. The third kappa shape index (κ3) is 3.95. The number of nitrogen functional groups attached to an aromatic ring is 1. The minimum atomic E-state index is -0.154. The van der Waals surface area contributed by atoms with Gasteiger partial charge in [-0.3, -0.25) is 9.36 Å². The average Bonchev–Trinajstić information content (AvgIpc) is 2.66. The van der Waals surface area contributed by atoms with Crippen LogP contribution in [0.1, 0.15) is 18.2 Å². The van der Waals surface area contributed by atoms with Crippen LogP contribution >= 0.6 is 0 Å². The van der Waals surface area contributed by atoms with Crippen molar-refractivity contribution in [2.45, 2.75) is 19.6 Å². The van der Waals surface area contributed by atoms with Crippen LogP contribution in [0.15, 0.2) is 53.4 Å². The predicted octanol–water partition coefficient (Wildman–Crippen LogP) is 2.60. The van der Waals surface area contributed by atoms with Gasteiger partial charge in [0.1, 0.15) is 0 Å². The van der Waals surface area contributed by atoms with Gasteiger partial charge in [-0.2, -0.15) is 0 Å². The minimum absolute atomic E-state index is 0.0825. The highest BCUT2D eigenvalue weighted by Crippen LogP contribution is 2.32. The monoisotopic (exact) mass is 366 g/mol. The zero-order valence-corrected chi connectivity index (χ0v) is 16.2. The quantitative estimate of drug-likeness (QED) is 0.880. The summed E-state index contributed by atoms with van der Waals surface area (Å²) in [4.78, 5) is 18.3. The zero-order valence-electron chi connectivity index (χ0n) is 16.2. The van der Waals surface area contributed by atoms with Crippen LogP contribution in [-0.4, -0.2) is 29.8 Å². The summed E-state index contributed by atoms with van der Waals surface area (Å²) >= 11 is 0. The maximum Gasteiger partial charge on any atom is 0.254 e. The van der Waals surface area contributed by atoms with E-state index in [1.807, 2.05) is 25.3 Å². The molecule has 2 N–H and O–H groups in total. The van der Waals surface area contributed by atoms with E-state index in [2.05, 4.69) is 41.1 Å². The number of allylic oxidation sites excluding steroid dienone is 2. The highest BCUT2D eigenvalue weighted by Gasteiger charge is 2.22. The van der Waals surface area contributed by atoms with E-state index >= 15 is 0 Å². The van der Waals surface area contributed by atoms with Gasteiger partial charge in [-0.1, -0.05) is 37.3 Å². The van der Waals surface area contributed by atoms with Crippen LogP contribution < -0.4 is 16.2 Å². The number of benzene rings is 1. The van der Waals surface area contributed by atoms with Gasteiger partial charge in [0, 0.05) is 38.9 Å². The topological polar surface area (TPSA) is 73.4 Å². The molecule has 1 aromatic carbocycles. The van der Waals surface area contributed by atoms with Crippen molar-refractivity contribution in [1.82, 2.24) is 9.55 Å². The Kier molecular flexibility index (Phi) is 5.46. The Morgan fingerprint density at radius 2 is 2.11 bits per heavy atom.